The lowest BCUT2D eigenvalue weighted by atomic mass is 9.90. The molecule has 0 bridgehead atoms. The Balaban J connectivity index is 1.53. The molecule has 120 valence electrons. The number of para-hydroxylation sites is 1. The van der Waals surface area contributed by atoms with Crippen molar-refractivity contribution in [1.29, 1.82) is 0 Å². The summed E-state index contributed by atoms with van der Waals surface area (Å²) in [5.74, 6) is 1.50. The van der Waals surface area contributed by atoms with Crippen molar-refractivity contribution in [1.82, 2.24) is 9.80 Å². The lowest BCUT2D eigenvalue weighted by Gasteiger charge is -2.28. The molecule has 2 aliphatic rings. The zero-order valence-corrected chi connectivity index (χ0v) is 13.5. The van der Waals surface area contributed by atoms with Gasteiger partial charge >= 0.3 is 0 Å². The van der Waals surface area contributed by atoms with Crippen molar-refractivity contribution < 1.29 is 9.53 Å². The van der Waals surface area contributed by atoms with Gasteiger partial charge < -0.3 is 14.5 Å². The van der Waals surface area contributed by atoms with Gasteiger partial charge in [0.25, 0.3) is 0 Å². The largest absolute Gasteiger partial charge is 0.493 e. The van der Waals surface area contributed by atoms with E-state index in [1.807, 2.05) is 30.1 Å². The molecule has 1 aromatic rings. The average molecular weight is 302 g/mol. The highest BCUT2D eigenvalue weighted by Crippen LogP contribution is 2.35. The summed E-state index contributed by atoms with van der Waals surface area (Å²) in [4.78, 5) is 16.8. The number of ether oxygens (including phenoxy) is 1. The van der Waals surface area contributed by atoms with Gasteiger partial charge in [-0.15, -0.1) is 0 Å². The van der Waals surface area contributed by atoms with Crippen molar-refractivity contribution in [3.8, 4) is 5.75 Å². The molecule has 4 nitrogen and oxygen atoms in total. The normalized spacial score (nSPS) is 21.2. The van der Waals surface area contributed by atoms with Gasteiger partial charge in [0.15, 0.2) is 0 Å². The molecular weight excluding hydrogens is 276 g/mol. The third-order valence-electron chi connectivity index (χ3n) is 4.88. The SMILES string of the molecule is CN(CCN1CCCC1)C(=O)C[C@@H]1CCOc2ccccc21. The lowest BCUT2D eigenvalue weighted by molar-refractivity contribution is -0.130. The highest BCUT2D eigenvalue weighted by atomic mass is 16.5. The fourth-order valence-electron chi connectivity index (χ4n) is 3.42. The van der Waals surface area contributed by atoms with E-state index in [0.29, 0.717) is 18.9 Å². The fraction of sp³-hybridized carbons (Fsp3) is 0.611. The van der Waals surface area contributed by atoms with Crippen LogP contribution in [0.3, 0.4) is 0 Å². The van der Waals surface area contributed by atoms with E-state index in [1.165, 1.54) is 31.5 Å². The maximum absolute atomic E-state index is 12.5. The molecule has 3 rings (SSSR count). The molecule has 1 aromatic carbocycles. The second kappa shape index (κ2) is 7.14. The highest BCUT2D eigenvalue weighted by Gasteiger charge is 2.25. The van der Waals surface area contributed by atoms with Crippen molar-refractivity contribution in [3.63, 3.8) is 0 Å². The number of likely N-dealkylation sites (N-methyl/N-ethyl adjacent to an activating group) is 1. The van der Waals surface area contributed by atoms with Crippen molar-refractivity contribution in [2.45, 2.75) is 31.6 Å². The first-order valence-electron chi connectivity index (χ1n) is 8.42. The Hall–Kier alpha value is -1.55. The molecule has 0 aromatic heterocycles. The van der Waals surface area contributed by atoms with E-state index in [9.17, 15) is 4.79 Å². The molecule has 2 aliphatic heterocycles. The minimum Gasteiger partial charge on any atom is -0.493 e. The molecule has 1 saturated heterocycles. The van der Waals surface area contributed by atoms with Gasteiger partial charge in [-0.25, -0.2) is 0 Å². The second-order valence-electron chi connectivity index (χ2n) is 6.44. The first-order chi connectivity index (χ1) is 10.7. The molecule has 2 heterocycles. The topological polar surface area (TPSA) is 32.8 Å². The van der Waals surface area contributed by atoms with E-state index in [4.69, 9.17) is 4.74 Å². The molecule has 1 fully saturated rings. The van der Waals surface area contributed by atoms with Gasteiger partial charge in [0.1, 0.15) is 5.75 Å². The molecule has 1 amide bonds. The van der Waals surface area contributed by atoms with Gasteiger partial charge in [-0.1, -0.05) is 18.2 Å². The molecule has 22 heavy (non-hydrogen) atoms. The van der Waals surface area contributed by atoms with E-state index < -0.39 is 0 Å². The van der Waals surface area contributed by atoms with Crippen LogP contribution in [0.15, 0.2) is 24.3 Å². The van der Waals surface area contributed by atoms with Crippen molar-refractivity contribution in [2.75, 3.05) is 39.8 Å². The summed E-state index contributed by atoms with van der Waals surface area (Å²) < 4.78 is 5.68. The molecule has 4 heteroatoms. The molecule has 0 unspecified atom stereocenters. The fourth-order valence-corrected chi connectivity index (χ4v) is 3.42. The summed E-state index contributed by atoms with van der Waals surface area (Å²) in [5, 5.41) is 0. The number of rotatable bonds is 5. The zero-order chi connectivity index (χ0) is 15.4. The summed E-state index contributed by atoms with van der Waals surface area (Å²) in [6, 6.07) is 8.12. The van der Waals surface area contributed by atoms with E-state index in [1.54, 1.807) is 0 Å². The minimum atomic E-state index is 0.251. The average Bonchev–Trinajstić information content (AvgIpc) is 3.06. The summed E-state index contributed by atoms with van der Waals surface area (Å²) in [6.45, 7) is 4.94. The Morgan fingerprint density at radius 1 is 1.32 bits per heavy atom. The molecule has 0 spiro atoms. The van der Waals surface area contributed by atoms with Gasteiger partial charge in [-0.2, -0.15) is 0 Å². The Bertz CT molecular complexity index is 512. The number of hydrogen-bond donors (Lipinski definition) is 0. The van der Waals surface area contributed by atoms with E-state index in [-0.39, 0.29) is 5.91 Å². The number of fused-ring (bicyclic) bond motifs is 1. The highest BCUT2D eigenvalue weighted by molar-refractivity contribution is 5.77. The van der Waals surface area contributed by atoms with Crippen LogP contribution in [-0.2, 0) is 4.79 Å². The Labute approximate surface area is 133 Å². The zero-order valence-electron chi connectivity index (χ0n) is 13.5. The molecular formula is C18H26N2O2. The van der Waals surface area contributed by atoms with Crippen LogP contribution in [0.1, 0.15) is 37.2 Å². The molecule has 0 aliphatic carbocycles. The van der Waals surface area contributed by atoms with Crippen LogP contribution in [0.2, 0.25) is 0 Å². The third kappa shape index (κ3) is 3.61. The Kier molecular flexibility index (Phi) is 4.98. The van der Waals surface area contributed by atoms with Crippen molar-refractivity contribution in [2.24, 2.45) is 0 Å². The van der Waals surface area contributed by atoms with Crippen LogP contribution in [0.5, 0.6) is 5.75 Å². The molecule has 0 N–H and O–H groups in total. The third-order valence-corrected chi connectivity index (χ3v) is 4.88. The number of likely N-dealkylation sites (tertiary alicyclic amines) is 1. The molecule has 0 radical (unpaired) electrons. The van der Waals surface area contributed by atoms with Crippen molar-refractivity contribution in [3.05, 3.63) is 29.8 Å². The number of amides is 1. The van der Waals surface area contributed by atoms with Crippen LogP contribution < -0.4 is 4.74 Å². The lowest BCUT2D eigenvalue weighted by Crippen LogP contribution is -2.36. The quantitative estimate of drug-likeness (QED) is 0.838. The number of hydrogen-bond acceptors (Lipinski definition) is 3. The van der Waals surface area contributed by atoms with Crippen LogP contribution >= 0.6 is 0 Å². The van der Waals surface area contributed by atoms with Crippen LogP contribution in [0.4, 0.5) is 0 Å². The number of carbonyl (C=O) groups excluding carboxylic acids is 1. The summed E-state index contributed by atoms with van der Waals surface area (Å²) >= 11 is 0. The van der Waals surface area contributed by atoms with Gasteiger partial charge in [0.2, 0.25) is 5.91 Å². The Morgan fingerprint density at radius 2 is 2.09 bits per heavy atom. The first kappa shape index (κ1) is 15.3. The number of benzene rings is 1. The Morgan fingerprint density at radius 3 is 2.91 bits per heavy atom. The van der Waals surface area contributed by atoms with Gasteiger partial charge in [-0.05, 0) is 49.9 Å². The summed E-state index contributed by atoms with van der Waals surface area (Å²) in [6.07, 6.45) is 4.13. The van der Waals surface area contributed by atoms with E-state index in [0.717, 1.165) is 25.3 Å². The standard InChI is InChI=1S/C18H26N2O2/c1-19(11-12-20-9-4-5-10-20)18(21)14-15-8-13-22-17-7-3-2-6-16(15)17/h2-3,6-7,15H,4-5,8-14H2,1H3/t15-/m0/s1. The summed E-state index contributed by atoms with van der Waals surface area (Å²) in [7, 11) is 1.93. The maximum atomic E-state index is 12.5. The van der Waals surface area contributed by atoms with E-state index in [2.05, 4.69) is 11.0 Å². The number of carbonyl (C=O) groups is 1. The smallest absolute Gasteiger partial charge is 0.222 e. The van der Waals surface area contributed by atoms with Gasteiger partial charge in [0, 0.05) is 26.6 Å². The maximum Gasteiger partial charge on any atom is 0.222 e. The van der Waals surface area contributed by atoms with Crippen LogP contribution in [0, 0.1) is 0 Å². The number of nitrogens with zero attached hydrogens (tertiary/aromatic N) is 2. The van der Waals surface area contributed by atoms with E-state index >= 15 is 0 Å². The first-order valence-corrected chi connectivity index (χ1v) is 8.42. The monoisotopic (exact) mass is 302 g/mol. The predicted molar refractivity (Wildman–Crippen MR) is 87.2 cm³/mol. The van der Waals surface area contributed by atoms with Gasteiger partial charge in [0.05, 0.1) is 6.61 Å². The van der Waals surface area contributed by atoms with Gasteiger partial charge in [-0.3, -0.25) is 4.79 Å². The predicted octanol–water partition coefficient (Wildman–Crippen LogP) is 2.50. The second-order valence-corrected chi connectivity index (χ2v) is 6.44. The van der Waals surface area contributed by atoms with Crippen LogP contribution in [-0.4, -0.2) is 55.5 Å². The molecule has 1 atom stereocenters. The van der Waals surface area contributed by atoms with Crippen LogP contribution in [0.25, 0.3) is 0 Å². The summed E-state index contributed by atoms with van der Waals surface area (Å²) in [5.41, 5.74) is 1.19. The molecule has 0 saturated carbocycles. The van der Waals surface area contributed by atoms with Crippen molar-refractivity contribution >= 4 is 5.91 Å². The minimum absolute atomic E-state index is 0.251.